The van der Waals surface area contributed by atoms with Crippen molar-refractivity contribution in [3.05, 3.63) is 48.0 Å². The van der Waals surface area contributed by atoms with Gasteiger partial charge in [0.05, 0.1) is 13.1 Å². The number of hydrogen-bond donors (Lipinski definition) is 3. The SMILES string of the molecule is CC(C)NC(=O)CNC(=O)CN[C@H](C)c1cccc2ccccc12. The molecule has 24 heavy (non-hydrogen) atoms. The van der Waals surface area contributed by atoms with Gasteiger partial charge >= 0.3 is 0 Å². The summed E-state index contributed by atoms with van der Waals surface area (Å²) in [6.07, 6.45) is 0. The summed E-state index contributed by atoms with van der Waals surface area (Å²) in [7, 11) is 0. The van der Waals surface area contributed by atoms with Crippen molar-refractivity contribution in [2.24, 2.45) is 0 Å². The van der Waals surface area contributed by atoms with Gasteiger partial charge < -0.3 is 16.0 Å². The van der Waals surface area contributed by atoms with Crippen LogP contribution in [0.25, 0.3) is 10.8 Å². The van der Waals surface area contributed by atoms with Gasteiger partial charge in [0.2, 0.25) is 11.8 Å². The summed E-state index contributed by atoms with van der Waals surface area (Å²) in [5.74, 6) is -0.374. The van der Waals surface area contributed by atoms with Crippen LogP contribution in [0.15, 0.2) is 42.5 Å². The minimum Gasteiger partial charge on any atom is -0.352 e. The molecule has 5 nitrogen and oxygen atoms in total. The summed E-state index contributed by atoms with van der Waals surface area (Å²) in [6.45, 7) is 5.96. The van der Waals surface area contributed by atoms with E-state index in [9.17, 15) is 9.59 Å². The lowest BCUT2D eigenvalue weighted by Gasteiger charge is -2.16. The van der Waals surface area contributed by atoms with Gasteiger partial charge in [-0.05, 0) is 37.1 Å². The van der Waals surface area contributed by atoms with Gasteiger partial charge in [-0.15, -0.1) is 0 Å². The van der Waals surface area contributed by atoms with Crippen LogP contribution in [0.5, 0.6) is 0 Å². The number of fused-ring (bicyclic) bond motifs is 1. The van der Waals surface area contributed by atoms with E-state index in [4.69, 9.17) is 0 Å². The van der Waals surface area contributed by atoms with Gasteiger partial charge in [0.15, 0.2) is 0 Å². The van der Waals surface area contributed by atoms with Crippen LogP contribution in [0.2, 0.25) is 0 Å². The van der Waals surface area contributed by atoms with Crippen molar-refractivity contribution < 1.29 is 9.59 Å². The van der Waals surface area contributed by atoms with E-state index >= 15 is 0 Å². The molecular formula is C19H25N3O2. The Labute approximate surface area is 142 Å². The fourth-order valence-electron chi connectivity index (χ4n) is 2.60. The Bertz CT molecular complexity index is 707. The maximum atomic E-state index is 11.9. The van der Waals surface area contributed by atoms with Crippen LogP contribution in [0.3, 0.4) is 0 Å². The number of amides is 2. The smallest absolute Gasteiger partial charge is 0.239 e. The molecule has 0 bridgehead atoms. The minimum atomic E-state index is -0.194. The molecule has 3 N–H and O–H groups in total. The highest BCUT2D eigenvalue weighted by atomic mass is 16.2. The second-order valence-electron chi connectivity index (χ2n) is 6.17. The van der Waals surface area contributed by atoms with Crippen LogP contribution in [-0.4, -0.2) is 30.9 Å². The van der Waals surface area contributed by atoms with E-state index in [2.05, 4.69) is 40.2 Å². The average molecular weight is 327 g/mol. The fraction of sp³-hybridized carbons (Fsp3) is 0.368. The Morgan fingerprint density at radius 3 is 2.38 bits per heavy atom. The molecule has 0 aliphatic heterocycles. The second-order valence-corrected chi connectivity index (χ2v) is 6.17. The highest BCUT2D eigenvalue weighted by Gasteiger charge is 2.11. The molecule has 0 radical (unpaired) electrons. The Kier molecular flexibility index (Phi) is 6.32. The predicted octanol–water partition coefficient (Wildman–Crippen LogP) is 2.13. The van der Waals surface area contributed by atoms with Crippen LogP contribution in [0, 0.1) is 0 Å². The van der Waals surface area contributed by atoms with Crippen molar-refractivity contribution >= 4 is 22.6 Å². The molecule has 2 rings (SSSR count). The number of carbonyl (C=O) groups is 2. The van der Waals surface area contributed by atoms with Crippen molar-refractivity contribution in [2.45, 2.75) is 32.9 Å². The molecule has 2 amide bonds. The second kappa shape index (κ2) is 8.45. The van der Waals surface area contributed by atoms with Gasteiger partial charge in [-0.1, -0.05) is 42.5 Å². The van der Waals surface area contributed by atoms with Crippen LogP contribution in [0.1, 0.15) is 32.4 Å². The first kappa shape index (κ1) is 17.9. The van der Waals surface area contributed by atoms with E-state index in [-0.39, 0.29) is 37.0 Å². The first-order chi connectivity index (χ1) is 11.5. The summed E-state index contributed by atoms with van der Waals surface area (Å²) in [5.41, 5.74) is 1.15. The number of nitrogens with one attached hydrogen (secondary N) is 3. The molecule has 0 saturated heterocycles. The number of benzene rings is 2. The number of carbonyl (C=O) groups excluding carboxylic acids is 2. The van der Waals surface area contributed by atoms with Gasteiger partial charge in [0.1, 0.15) is 0 Å². The molecule has 2 aromatic rings. The first-order valence-electron chi connectivity index (χ1n) is 8.24. The summed E-state index contributed by atoms with van der Waals surface area (Å²) < 4.78 is 0. The van der Waals surface area contributed by atoms with Crippen molar-refractivity contribution in [1.82, 2.24) is 16.0 Å². The molecule has 0 aliphatic carbocycles. The lowest BCUT2D eigenvalue weighted by atomic mass is 10.00. The zero-order chi connectivity index (χ0) is 17.5. The van der Waals surface area contributed by atoms with Crippen LogP contribution in [0.4, 0.5) is 0 Å². The zero-order valence-corrected chi connectivity index (χ0v) is 14.4. The third kappa shape index (κ3) is 5.06. The summed E-state index contributed by atoms with van der Waals surface area (Å²) in [4.78, 5) is 23.4. The summed E-state index contributed by atoms with van der Waals surface area (Å²) >= 11 is 0. The van der Waals surface area contributed by atoms with Crippen molar-refractivity contribution in [1.29, 1.82) is 0 Å². The van der Waals surface area contributed by atoms with E-state index in [0.29, 0.717) is 0 Å². The quantitative estimate of drug-likeness (QED) is 0.730. The maximum absolute atomic E-state index is 11.9. The van der Waals surface area contributed by atoms with Crippen molar-refractivity contribution in [2.75, 3.05) is 13.1 Å². The number of rotatable bonds is 7. The molecule has 0 aromatic heterocycles. The molecular weight excluding hydrogens is 302 g/mol. The third-order valence-electron chi connectivity index (χ3n) is 3.75. The van der Waals surface area contributed by atoms with Gasteiger partial charge in [-0.25, -0.2) is 0 Å². The molecule has 128 valence electrons. The molecule has 0 heterocycles. The van der Waals surface area contributed by atoms with E-state index < -0.39 is 0 Å². The predicted molar refractivity (Wildman–Crippen MR) is 96.7 cm³/mol. The van der Waals surface area contributed by atoms with E-state index in [1.54, 1.807) is 0 Å². The summed E-state index contributed by atoms with van der Waals surface area (Å²) in [6, 6.07) is 14.4. The van der Waals surface area contributed by atoms with Crippen LogP contribution in [-0.2, 0) is 9.59 Å². The first-order valence-corrected chi connectivity index (χ1v) is 8.24. The minimum absolute atomic E-state index is 0.00133. The molecule has 1 atom stereocenters. The molecule has 2 aromatic carbocycles. The molecule has 0 fully saturated rings. The summed E-state index contributed by atoms with van der Waals surface area (Å²) in [5, 5.41) is 10.9. The Morgan fingerprint density at radius 2 is 1.62 bits per heavy atom. The van der Waals surface area contributed by atoms with E-state index in [1.807, 2.05) is 39.0 Å². The van der Waals surface area contributed by atoms with E-state index in [1.165, 1.54) is 10.8 Å². The lowest BCUT2D eigenvalue weighted by molar-refractivity contribution is -0.125. The normalized spacial score (nSPS) is 12.2. The fourth-order valence-corrected chi connectivity index (χ4v) is 2.60. The van der Waals surface area contributed by atoms with E-state index in [0.717, 1.165) is 5.56 Å². The number of hydrogen-bond acceptors (Lipinski definition) is 3. The highest BCUT2D eigenvalue weighted by molar-refractivity contribution is 5.87. The van der Waals surface area contributed by atoms with Crippen LogP contribution < -0.4 is 16.0 Å². The zero-order valence-electron chi connectivity index (χ0n) is 14.4. The third-order valence-corrected chi connectivity index (χ3v) is 3.75. The van der Waals surface area contributed by atoms with Crippen LogP contribution >= 0.6 is 0 Å². The van der Waals surface area contributed by atoms with Gasteiger partial charge in [-0.3, -0.25) is 9.59 Å². The average Bonchev–Trinajstić information content (AvgIpc) is 2.56. The maximum Gasteiger partial charge on any atom is 0.239 e. The Balaban J connectivity index is 1.87. The van der Waals surface area contributed by atoms with Crippen molar-refractivity contribution in [3.63, 3.8) is 0 Å². The van der Waals surface area contributed by atoms with Gasteiger partial charge in [0, 0.05) is 12.1 Å². The van der Waals surface area contributed by atoms with Gasteiger partial charge in [0.25, 0.3) is 0 Å². The standard InChI is InChI=1S/C19H25N3O2/c1-13(2)22-19(24)12-21-18(23)11-20-14(3)16-10-6-8-15-7-4-5-9-17(15)16/h4-10,13-14,20H,11-12H2,1-3H3,(H,21,23)(H,22,24)/t14-/m1/s1. The molecule has 0 spiro atoms. The monoisotopic (exact) mass is 327 g/mol. The molecule has 0 unspecified atom stereocenters. The molecule has 0 saturated carbocycles. The molecule has 0 aliphatic rings. The molecule has 5 heteroatoms. The highest BCUT2D eigenvalue weighted by Crippen LogP contribution is 2.23. The van der Waals surface area contributed by atoms with Crippen molar-refractivity contribution in [3.8, 4) is 0 Å². The Morgan fingerprint density at radius 1 is 0.917 bits per heavy atom. The topological polar surface area (TPSA) is 70.2 Å². The lowest BCUT2D eigenvalue weighted by Crippen LogP contribution is -2.42. The van der Waals surface area contributed by atoms with Gasteiger partial charge in [-0.2, -0.15) is 0 Å². The largest absolute Gasteiger partial charge is 0.352 e. The Hall–Kier alpha value is -2.40.